The van der Waals surface area contributed by atoms with Gasteiger partial charge in [0.15, 0.2) is 5.69 Å². The second-order valence-corrected chi connectivity index (χ2v) is 6.47. The highest BCUT2D eigenvalue weighted by atomic mass is 35.5. The largest absolute Gasteiger partial charge is 0.435 e. The Balaban J connectivity index is 1.80. The van der Waals surface area contributed by atoms with E-state index in [4.69, 9.17) is 11.6 Å². The molecule has 30 heavy (non-hydrogen) atoms. The Morgan fingerprint density at radius 2 is 1.67 bits per heavy atom. The molecule has 0 saturated heterocycles. The van der Waals surface area contributed by atoms with Crippen molar-refractivity contribution in [3.63, 3.8) is 0 Å². The summed E-state index contributed by atoms with van der Waals surface area (Å²) in [5.74, 6) is -0.431. The van der Waals surface area contributed by atoms with Crippen molar-refractivity contribution in [3.8, 4) is 5.69 Å². The minimum Gasteiger partial charge on any atom is -0.326 e. The Bertz CT molecular complexity index is 1060. The molecule has 0 radical (unpaired) electrons. The predicted molar refractivity (Wildman–Crippen MR) is 95.1 cm³/mol. The van der Waals surface area contributed by atoms with Crippen LogP contribution in [0, 0.1) is 0 Å². The summed E-state index contributed by atoms with van der Waals surface area (Å²) in [5.41, 5.74) is -2.66. The molecule has 1 amide bonds. The number of hydrogen-bond donors (Lipinski definition) is 1. The number of benzene rings is 1. The zero-order valence-corrected chi connectivity index (χ0v) is 15.5. The fourth-order valence-electron chi connectivity index (χ4n) is 2.55. The molecule has 1 aromatic carbocycles. The molecule has 0 spiro atoms. The molecule has 12 heteroatoms. The zero-order chi connectivity index (χ0) is 22.1. The van der Waals surface area contributed by atoms with Crippen LogP contribution in [0.3, 0.4) is 0 Å². The van der Waals surface area contributed by atoms with Crippen LogP contribution in [0.4, 0.5) is 32.0 Å². The molecule has 158 valence electrons. The van der Waals surface area contributed by atoms with Gasteiger partial charge in [-0.25, -0.2) is 9.67 Å². The number of halogens is 7. The van der Waals surface area contributed by atoms with Crippen molar-refractivity contribution in [2.45, 2.75) is 18.8 Å². The van der Waals surface area contributed by atoms with Crippen LogP contribution in [0.25, 0.3) is 5.69 Å². The van der Waals surface area contributed by atoms with Crippen molar-refractivity contribution in [2.75, 3.05) is 5.32 Å². The highest BCUT2D eigenvalue weighted by molar-refractivity contribution is 6.29. The van der Waals surface area contributed by atoms with Gasteiger partial charge in [0.25, 0.3) is 0 Å². The van der Waals surface area contributed by atoms with E-state index >= 15 is 0 Å². The zero-order valence-electron chi connectivity index (χ0n) is 14.7. The summed E-state index contributed by atoms with van der Waals surface area (Å²) in [6.07, 6.45) is -8.68. The average molecular weight is 449 g/mol. The van der Waals surface area contributed by atoms with E-state index in [2.05, 4.69) is 15.4 Å². The summed E-state index contributed by atoms with van der Waals surface area (Å²) in [7, 11) is 0. The lowest BCUT2D eigenvalue weighted by Crippen LogP contribution is -2.15. The van der Waals surface area contributed by atoms with Gasteiger partial charge in [0.05, 0.1) is 12.1 Å². The maximum absolute atomic E-state index is 13.1. The molecule has 5 nitrogen and oxygen atoms in total. The average Bonchev–Trinajstić information content (AvgIpc) is 3.08. The molecule has 0 aliphatic rings. The smallest absolute Gasteiger partial charge is 0.326 e. The van der Waals surface area contributed by atoms with Gasteiger partial charge in [-0.3, -0.25) is 4.79 Å². The van der Waals surface area contributed by atoms with Gasteiger partial charge in [0, 0.05) is 18.0 Å². The quantitative estimate of drug-likeness (QED) is 0.444. The second kappa shape index (κ2) is 7.98. The molecular weight excluding hydrogens is 438 g/mol. The Labute approximate surface area is 170 Å². The topological polar surface area (TPSA) is 59.8 Å². The Hall–Kier alpha value is -3.08. The first-order valence-corrected chi connectivity index (χ1v) is 8.56. The van der Waals surface area contributed by atoms with E-state index in [1.165, 1.54) is 24.4 Å². The van der Waals surface area contributed by atoms with Gasteiger partial charge in [0.2, 0.25) is 5.91 Å². The molecule has 0 unspecified atom stereocenters. The molecule has 0 aliphatic heterocycles. The van der Waals surface area contributed by atoms with Crippen LogP contribution in [0.15, 0.2) is 48.7 Å². The van der Waals surface area contributed by atoms with Gasteiger partial charge in [-0.2, -0.15) is 31.4 Å². The summed E-state index contributed by atoms with van der Waals surface area (Å²) < 4.78 is 77.9. The third-order valence-electron chi connectivity index (χ3n) is 3.84. The van der Waals surface area contributed by atoms with E-state index in [1.807, 2.05) is 0 Å². The summed E-state index contributed by atoms with van der Waals surface area (Å²) in [5, 5.41) is 5.78. The first kappa shape index (κ1) is 21.6. The lowest BCUT2D eigenvalue weighted by Gasteiger charge is -2.11. The summed E-state index contributed by atoms with van der Waals surface area (Å²) >= 11 is 5.74. The molecule has 2 heterocycles. The number of nitrogens with zero attached hydrogens (tertiary/aromatic N) is 3. The number of carbonyl (C=O) groups excluding carboxylic acids is 1. The minimum absolute atomic E-state index is 0.0314. The van der Waals surface area contributed by atoms with Crippen LogP contribution in [0.5, 0.6) is 0 Å². The Morgan fingerprint density at radius 3 is 2.23 bits per heavy atom. The van der Waals surface area contributed by atoms with Crippen molar-refractivity contribution in [3.05, 3.63) is 70.8 Å². The van der Waals surface area contributed by atoms with Crippen molar-refractivity contribution in [2.24, 2.45) is 0 Å². The number of aromatic nitrogens is 3. The van der Waals surface area contributed by atoms with Gasteiger partial charge < -0.3 is 5.32 Å². The van der Waals surface area contributed by atoms with E-state index in [0.717, 1.165) is 12.1 Å². The number of hydrogen-bond acceptors (Lipinski definition) is 3. The first-order valence-electron chi connectivity index (χ1n) is 8.18. The maximum atomic E-state index is 13.1. The second-order valence-electron chi connectivity index (χ2n) is 6.08. The molecule has 0 atom stereocenters. The number of anilines is 1. The van der Waals surface area contributed by atoms with Gasteiger partial charge in [0.1, 0.15) is 10.8 Å². The van der Waals surface area contributed by atoms with Gasteiger partial charge >= 0.3 is 12.4 Å². The molecule has 1 N–H and O–H groups in total. The summed E-state index contributed by atoms with van der Waals surface area (Å²) in [6, 6.07) is 7.75. The molecule has 2 aromatic heterocycles. The fraction of sp³-hybridized carbons (Fsp3) is 0.167. The molecule has 0 saturated carbocycles. The minimum atomic E-state index is -5.05. The number of nitrogens with one attached hydrogen (secondary N) is 1. The predicted octanol–water partition coefficient (Wildman–Crippen LogP) is 5.14. The van der Waals surface area contributed by atoms with Crippen molar-refractivity contribution in [1.29, 1.82) is 0 Å². The Morgan fingerprint density at radius 1 is 1.00 bits per heavy atom. The molecule has 3 rings (SSSR count). The van der Waals surface area contributed by atoms with Crippen LogP contribution < -0.4 is 5.32 Å². The summed E-state index contributed by atoms with van der Waals surface area (Å²) in [4.78, 5) is 15.9. The van der Waals surface area contributed by atoms with E-state index in [9.17, 15) is 31.1 Å². The highest BCUT2D eigenvalue weighted by Gasteiger charge is 2.42. The molecule has 0 fully saturated rings. The van der Waals surface area contributed by atoms with Crippen LogP contribution in [-0.2, 0) is 23.6 Å². The molecular formula is C18H11ClF6N4O. The van der Waals surface area contributed by atoms with E-state index < -0.39 is 29.6 Å². The van der Waals surface area contributed by atoms with E-state index in [1.54, 1.807) is 6.07 Å². The Kier molecular flexibility index (Phi) is 5.75. The highest BCUT2D eigenvalue weighted by Crippen LogP contribution is 2.36. The van der Waals surface area contributed by atoms with Crippen LogP contribution in [-0.4, -0.2) is 20.7 Å². The standard InChI is InChI=1S/C18H11ClF6N4O/c19-15-7-10(5-6-26-15)8-16(30)27-11-1-3-12(4-2-11)29-14(18(23,24)25)9-13(28-29)17(20,21)22/h1-7,9H,8H2,(H,27,30). The van der Waals surface area contributed by atoms with Crippen LogP contribution >= 0.6 is 11.6 Å². The van der Waals surface area contributed by atoms with E-state index in [-0.39, 0.29) is 33.7 Å². The molecule has 0 bridgehead atoms. The maximum Gasteiger partial charge on any atom is 0.435 e. The third-order valence-corrected chi connectivity index (χ3v) is 4.05. The number of alkyl halides is 6. The lowest BCUT2D eigenvalue weighted by molar-refractivity contribution is -0.143. The third kappa shape index (κ3) is 5.09. The van der Waals surface area contributed by atoms with Gasteiger partial charge in [-0.1, -0.05) is 11.6 Å². The van der Waals surface area contributed by atoms with Gasteiger partial charge in [-0.15, -0.1) is 0 Å². The number of amides is 1. The number of carbonyl (C=O) groups is 1. The number of rotatable bonds is 4. The normalized spacial score (nSPS) is 12.1. The summed E-state index contributed by atoms with van der Waals surface area (Å²) in [6.45, 7) is 0. The molecule has 0 aliphatic carbocycles. The fourth-order valence-corrected chi connectivity index (χ4v) is 2.74. The van der Waals surface area contributed by atoms with Crippen molar-refractivity contribution >= 4 is 23.2 Å². The number of pyridine rings is 1. The SMILES string of the molecule is O=C(Cc1ccnc(Cl)c1)Nc1ccc(-n2nc(C(F)(F)F)cc2C(F)(F)F)cc1. The van der Waals surface area contributed by atoms with E-state index in [0.29, 0.717) is 5.56 Å². The lowest BCUT2D eigenvalue weighted by atomic mass is 10.2. The van der Waals surface area contributed by atoms with Crippen molar-refractivity contribution < 1.29 is 31.1 Å². The van der Waals surface area contributed by atoms with Crippen LogP contribution in [0.1, 0.15) is 17.0 Å². The monoisotopic (exact) mass is 448 g/mol. The van der Waals surface area contributed by atoms with Crippen molar-refractivity contribution in [1.82, 2.24) is 14.8 Å². The first-order chi connectivity index (χ1) is 13.9. The van der Waals surface area contributed by atoms with Crippen LogP contribution in [0.2, 0.25) is 5.15 Å². The van der Waals surface area contributed by atoms with Gasteiger partial charge in [-0.05, 0) is 42.0 Å². The molecule has 3 aromatic rings.